The molecule has 6 nitrogen and oxygen atoms in total. The molecule has 3 N–H and O–H groups in total. The van der Waals surface area contributed by atoms with Crippen molar-refractivity contribution >= 4 is 22.8 Å². The third kappa shape index (κ3) is 5.18. The van der Waals surface area contributed by atoms with Crippen molar-refractivity contribution in [2.75, 3.05) is 7.11 Å². The van der Waals surface area contributed by atoms with Gasteiger partial charge in [0.1, 0.15) is 28.7 Å². The number of hydrogen-bond acceptors (Lipinski definition) is 4. The number of benzene rings is 3. The summed E-state index contributed by atoms with van der Waals surface area (Å²) in [6.07, 6.45) is 0.126. The number of methoxy groups -OCH3 is 1. The maximum Gasteiger partial charge on any atom is 0.255 e. The highest BCUT2D eigenvalue weighted by molar-refractivity contribution is 6.08. The third-order valence-electron chi connectivity index (χ3n) is 5.96. The number of nitrogens with two attached hydrogens (primary N) is 1. The summed E-state index contributed by atoms with van der Waals surface area (Å²) in [7, 11) is 1.46. The maximum atomic E-state index is 16.1. The van der Waals surface area contributed by atoms with E-state index in [9.17, 15) is 14.0 Å². The number of halogens is 2. The lowest BCUT2D eigenvalue weighted by atomic mass is 9.94. The average Bonchev–Trinajstić information content (AvgIpc) is 3.19. The minimum Gasteiger partial charge on any atom is -0.496 e. The Morgan fingerprint density at radius 1 is 1.03 bits per heavy atom. The van der Waals surface area contributed by atoms with Crippen molar-refractivity contribution in [3.05, 3.63) is 88.2 Å². The van der Waals surface area contributed by atoms with Crippen LogP contribution in [0.15, 0.2) is 52.9 Å². The highest BCUT2D eigenvalue weighted by atomic mass is 19.1. The maximum absolute atomic E-state index is 16.1. The molecular weight excluding hydrogens is 478 g/mol. The zero-order valence-electron chi connectivity index (χ0n) is 21.3. The van der Waals surface area contributed by atoms with Crippen LogP contribution in [0, 0.1) is 18.6 Å². The fourth-order valence-electron chi connectivity index (χ4n) is 4.31. The summed E-state index contributed by atoms with van der Waals surface area (Å²) in [6, 6.07) is 12.0. The molecule has 0 radical (unpaired) electrons. The zero-order chi connectivity index (χ0) is 27.1. The first-order valence-corrected chi connectivity index (χ1v) is 11.7. The van der Waals surface area contributed by atoms with Gasteiger partial charge in [-0.15, -0.1) is 0 Å². The number of amides is 2. The number of ether oxygens (including phenoxy) is 1. The molecule has 4 rings (SSSR count). The molecule has 2 amide bonds. The molecule has 0 fully saturated rings. The number of rotatable bonds is 6. The van der Waals surface area contributed by atoms with Crippen LogP contribution in [0.2, 0.25) is 0 Å². The van der Waals surface area contributed by atoms with Crippen LogP contribution in [0.3, 0.4) is 0 Å². The van der Waals surface area contributed by atoms with Crippen LogP contribution < -0.4 is 15.8 Å². The Kier molecular flexibility index (Phi) is 6.78. The quantitative estimate of drug-likeness (QED) is 0.340. The number of fused-ring (bicyclic) bond motifs is 1. The Bertz CT molecular complexity index is 1520. The van der Waals surface area contributed by atoms with E-state index in [0.29, 0.717) is 22.4 Å². The SMILES string of the molecule is COc1cc(C)c(-c2ccc3oc(Cc4ccc(F)cc4)c(C(N)=O)c3c2F)cc1C(=O)NC(C)(C)C. The summed E-state index contributed by atoms with van der Waals surface area (Å²) in [5.41, 5.74) is 7.46. The predicted octanol–water partition coefficient (Wildman–Crippen LogP) is 5.91. The lowest BCUT2D eigenvalue weighted by molar-refractivity contribution is 0.0915. The van der Waals surface area contributed by atoms with E-state index >= 15 is 4.39 Å². The van der Waals surface area contributed by atoms with Gasteiger partial charge in [-0.25, -0.2) is 8.78 Å². The fourth-order valence-corrected chi connectivity index (χ4v) is 4.31. The molecule has 0 aliphatic rings. The normalized spacial score (nSPS) is 11.5. The van der Waals surface area contributed by atoms with Crippen LogP contribution >= 0.6 is 0 Å². The molecule has 192 valence electrons. The highest BCUT2D eigenvalue weighted by Gasteiger charge is 2.26. The first-order chi connectivity index (χ1) is 17.4. The molecule has 0 saturated heterocycles. The number of hydrogen-bond donors (Lipinski definition) is 2. The molecule has 0 spiro atoms. The predicted molar refractivity (Wildman–Crippen MR) is 138 cm³/mol. The van der Waals surface area contributed by atoms with E-state index in [-0.39, 0.29) is 45.7 Å². The Morgan fingerprint density at radius 2 is 1.70 bits per heavy atom. The van der Waals surface area contributed by atoms with Crippen molar-refractivity contribution in [1.29, 1.82) is 0 Å². The lowest BCUT2D eigenvalue weighted by Gasteiger charge is -2.22. The van der Waals surface area contributed by atoms with E-state index in [1.807, 2.05) is 20.8 Å². The van der Waals surface area contributed by atoms with Crippen LogP contribution in [0.4, 0.5) is 8.78 Å². The lowest BCUT2D eigenvalue weighted by Crippen LogP contribution is -2.40. The van der Waals surface area contributed by atoms with Gasteiger partial charge in [0.2, 0.25) is 0 Å². The smallest absolute Gasteiger partial charge is 0.255 e. The minimum absolute atomic E-state index is 0.0435. The van der Waals surface area contributed by atoms with Gasteiger partial charge in [-0.2, -0.15) is 0 Å². The molecule has 0 unspecified atom stereocenters. The van der Waals surface area contributed by atoms with Crippen molar-refractivity contribution in [1.82, 2.24) is 5.32 Å². The van der Waals surface area contributed by atoms with E-state index in [2.05, 4.69) is 5.32 Å². The van der Waals surface area contributed by atoms with Crippen LogP contribution in [0.1, 0.15) is 58.4 Å². The molecule has 0 aliphatic heterocycles. The molecule has 1 heterocycles. The second-order valence-electron chi connectivity index (χ2n) is 9.94. The Labute approximate surface area is 213 Å². The molecule has 0 atom stereocenters. The summed E-state index contributed by atoms with van der Waals surface area (Å²) in [6.45, 7) is 7.34. The van der Waals surface area contributed by atoms with Gasteiger partial charge in [0, 0.05) is 17.5 Å². The van der Waals surface area contributed by atoms with Crippen molar-refractivity contribution < 1.29 is 27.5 Å². The number of aryl methyl sites for hydroxylation is 1. The second kappa shape index (κ2) is 9.69. The van der Waals surface area contributed by atoms with Gasteiger partial charge in [0.15, 0.2) is 0 Å². The van der Waals surface area contributed by atoms with Crippen LogP contribution in [-0.4, -0.2) is 24.5 Å². The number of carbonyl (C=O) groups is 2. The summed E-state index contributed by atoms with van der Waals surface area (Å²) in [5.74, 6) is -1.77. The molecule has 3 aromatic carbocycles. The minimum atomic E-state index is -0.844. The first-order valence-electron chi connectivity index (χ1n) is 11.7. The molecule has 0 aliphatic carbocycles. The summed E-state index contributed by atoms with van der Waals surface area (Å²) >= 11 is 0. The summed E-state index contributed by atoms with van der Waals surface area (Å²) < 4.78 is 40.7. The van der Waals surface area contributed by atoms with Gasteiger partial charge in [0.05, 0.1) is 23.6 Å². The monoisotopic (exact) mass is 506 g/mol. The topological polar surface area (TPSA) is 94.6 Å². The Morgan fingerprint density at radius 3 is 2.30 bits per heavy atom. The van der Waals surface area contributed by atoms with Gasteiger partial charge >= 0.3 is 0 Å². The van der Waals surface area contributed by atoms with E-state index < -0.39 is 23.1 Å². The Balaban J connectivity index is 1.87. The van der Waals surface area contributed by atoms with Gasteiger partial charge < -0.3 is 20.2 Å². The molecule has 37 heavy (non-hydrogen) atoms. The first kappa shape index (κ1) is 25.9. The Hall–Kier alpha value is -4.20. The van der Waals surface area contributed by atoms with Gasteiger partial charge in [-0.05, 0) is 80.8 Å². The third-order valence-corrected chi connectivity index (χ3v) is 5.96. The number of nitrogens with one attached hydrogen (secondary N) is 1. The molecule has 8 heteroatoms. The van der Waals surface area contributed by atoms with Gasteiger partial charge in [-0.3, -0.25) is 9.59 Å². The van der Waals surface area contributed by atoms with Crippen LogP contribution in [0.5, 0.6) is 5.75 Å². The number of carbonyl (C=O) groups excluding carboxylic acids is 2. The van der Waals surface area contributed by atoms with Gasteiger partial charge in [0.25, 0.3) is 11.8 Å². The van der Waals surface area contributed by atoms with Crippen molar-refractivity contribution in [2.24, 2.45) is 5.73 Å². The number of primary amides is 1. The van der Waals surface area contributed by atoms with E-state index in [1.54, 1.807) is 37.3 Å². The van der Waals surface area contributed by atoms with Crippen molar-refractivity contribution in [3.63, 3.8) is 0 Å². The van der Waals surface area contributed by atoms with Crippen molar-refractivity contribution in [2.45, 2.75) is 39.7 Å². The fraction of sp³-hybridized carbons (Fsp3) is 0.241. The standard InChI is InChI=1S/C29H28F2N2O4/c1-15-12-22(36-5)20(28(35)33-29(2,3)4)14-19(15)18-10-11-21-24(26(18)31)25(27(32)34)23(37-21)13-16-6-8-17(30)9-7-16/h6-12,14H,13H2,1-5H3,(H2,32,34)(H,33,35). The molecule has 1 aromatic heterocycles. The van der Waals surface area contributed by atoms with Gasteiger partial charge in [-0.1, -0.05) is 12.1 Å². The largest absolute Gasteiger partial charge is 0.496 e. The second-order valence-corrected chi connectivity index (χ2v) is 9.94. The van der Waals surface area contributed by atoms with E-state index in [1.165, 1.54) is 25.3 Å². The van der Waals surface area contributed by atoms with Crippen LogP contribution in [0.25, 0.3) is 22.1 Å². The van der Waals surface area contributed by atoms with Crippen molar-refractivity contribution in [3.8, 4) is 16.9 Å². The molecular formula is C29H28F2N2O4. The van der Waals surface area contributed by atoms with Crippen LogP contribution in [-0.2, 0) is 6.42 Å². The molecule has 4 aromatic rings. The zero-order valence-corrected chi connectivity index (χ0v) is 21.3. The highest BCUT2D eigenvalue weighted by Crippen LogP contribution is 2.38. The van der Waals surface area contributed by atoms with E-state index in [4.69, 9.17) is 14.9 Å². The summed E-state index contributed by atoms with van der Waals surface area (Å²) in [4.78, 5) is 25.4. The number of furan rings is 1. The molecule has 0 bridgehead atoms. The summed E-state index contributed by atoms with van der Waals surface area (Å²) in [5, 5.41) is 2.85. The van der Waals surface area contributed by atoms with E-state index in [0.717, 1.165) is 0 Å². The molecule has 0 saturated carbocycles. The average molecular weight is 507 g/mol.